The number of methoxy groups -OCH3 is 1. The Morgan fingerprint density at radius 2 is 1.97 bits per heavy atom. The van der Waals surface area contributed by atoms with Gasteiger partial charge in [0.25, 0.3) is 0 Å². The van der Waals surface area contributed by atoms with Crippen LogP contribution in [0.4, 0.5) is 0 Å². The van der Waals surface area contributed by atoms with Crippen LogP contribution in [0.1, 0.15) is 12.8 Å². The number of hydrogen-bond donors (Lipinski definition) is 2. The summed E-state index contributed by atoms with van der Waals surface area (Å²) in [6.45, 7) is 1.34. The minimum atomic E-state index is -0.0310. The number of aromatic amines is 1. The van der Waals surface area contributed by atoms with Gasteiger partial charge in [0, 0.05) is 29.3 Å². The second-order valence-electron chi connectivity index (χ2n) is 7.23. The molecule has 2 heterocycles. The molecule has 0 bridgehead atoms. The van der Waals surface area contributed by atoms with Crippen LogP contribution in [0.3, 0.4) is 0 Å². The molecule has 1 amide bonds. The minimum Gasteiger partial charge on any atom is -0.497 e. The Hall–Kier alpha value is -2.48. The summed E-state index contributed by atoms with van der Waals surface area (Å²) in [5.41, 5.74) is 2.75. The number of hydrogen-bond acceptors (Lipinski definition) is 5. The molecule has 2 N–H and O–H groups in total. The average molecular weight is 458 g/mol. The lowest BCUT2D eigenvalue weighted by Gasteiger charge is -2.10. The van der Waals surface area contributed by atoms with Crippen molar-refractivity contribution in [3.8, 4) is 28.4 Å². The Morgan fingerprint density at radius 3 is 2.65 bits per heavy atom. The number of imidazole rings is 1. The number of halogens is 1. The number of rotatable bonds is 8. The number of carbonyl (C=O) groups excluding carboxylic acids is 1. The van der Waals surface area contributed by atoms with E-state index in [4.69, 9.17) is 26.1 Å². The van der Waals surface area contributed by atoms with E-state index in [0.29, 0.717) is 11.6 Å². The van der Waals surface area contributed by atoms with Gasteiger partial charge in [0.1, 0.15) is 16.6 Å². The normalized spacial score (nSPS) is 15.7. The molecule has 1 saturated heterocycles. The molecule has 1 aliphatic rings. The Morgan fingerprint density at radius 1 is 1.23 bits per heavy atom. The third kappa shape index (κ3) is 5.61. The van der Waals surface area contributed by atoms with Crippen LogP contribution in [-0.4, -0.2) is 48.0 Å². The zero-order valence-electron chi connectivity index (χ0n) is 17.2. The Balaban J connectivity index is 1.51. The quantitative estimate of drug-likeness (QED) is 0.475. The summed E-state index contributed by atoms with van der Waals surface area (Å²) in [5.74, 6) is 1.76. The molecule has 1 aliphatic heterocycles. The van der Waals surface area contributed by atoms with E-state index in [1.807, 2.05) is 48.5 Å². The molecule has 1 aromatic heterocycles. The van der Waals surface area contributed by atoms with Gasteiger partial charge < -0.3 is 19.8 Å². The van der Waals surface area contributed by atoms with E-state index in [0.717, 1.165) is 52.9 Å². The largest absolute Gasteiger partial charge is 0.497 e. The number of H-pyrrole nitrogens is 1. The fraction of sp³-hybridized carbons (Fsp3) is 0.304. The number of aromatic nitrogens is 2. The molecule has 0 unspecified atom stereocenters. The van der Waals surface area contributed by atoms with Gasteiger partial charge in [-0.15, -0.1) is 0 Å². The molecule has 2 aromatic carbocycles. The van der Waals surface area contributed by atoms with E-state index in [1.165, 1.54) is 11.8 Å². The van der Waals surface area contributed by atoms with E-state index in [2.05, 4.69) is 10.3 Å². The number of nitrogens with one attached hydrogen (secondary N) is 2. The Labute approximate surface area is 190 Å². The monoisotopic (exact) mass is 457 g/mol. The van der Waals surface area contributed by atoms with E-state index in [9.17, 15) is 4.79 Å². The van der Waals surface area contributed by atoms with Gasteiger partial charge in [-0.25, -0.2) is 4.98 Å². The van der Waals surface area contributed by atoms with Crippen molar-refractivity contribution in [1.29, 1.82) is 0 Å². The Bertz CT molecular complexity index is 1020. The van der Waals surface area contributed by atoms with E-state index in [1.54, 1.807) is 7.11 Å². The van der Waals surface area contributed by atoms with E-state index >= 15 is 0 Å². The fourth-order valence-electron chi connectivity index (χ4n) is 3.38. The predicted octanol–water partition coefficient (Wildman–Crippen LogP) is 4.79. The zero-order valence-corrected chi connectivity index (χ0v) is 18.8. The first-order valence-corrected chi connectivity index (χ1v) is 11.5. The highest BCUT2D eigenvalue weighted by Crippen LogP contribution is 2.33. The summed E-state index contributed by atoms with van der Waals surface area (Å²) >= 11 is 7.46. The molecule has 0 aliphatic carbocycles. The maximum atomic E-state index is 12.4. The summed E-state index contributed by atoms with van der Waals surface area (Å²) in [6.07, 6.45) is 2.19. The molecule has 0 saturated carbocycles. The molecule has 6 nitrogen and oxygen atoms in total. The molecule has 3 aromatic rings. The van der Waals surface area contributed by atoms with Crippen LogP contribution in [0.15, 0.2) is 53.6 Å². The smallest absolute Gasteiger partial charge is 0.230 e. The zero-order chi connectivity index (χ0) is 21.6. The first-order chi connectivity index (χ1) is 15.1. The number of ether oxygens (including phenoxy) is 2. The second-order valence-corrected chi connectivity index (χ2v) is 8.63. The lowest BCUT2D eigenvalue weighted by Crippen LogP contribution is -2.32. The van der Waals surface area contributed by atoms with Crippen LogP contribution in [-0.2, 0) is 9.53 Å². The van der Waals surface area contributed by atoms with Gasteiger partial charge in [-0.1, -0.05) is 35.5 Å². The lowest BCUT2D eigenvalue weighted by atomic mass is 10.2. The highest BCUT2D eigenvalue weighted by Gasteiger charge is 2.18. The fourth-order valence-corrected chi connectivity index (χ4v) is 4.34. The van der Waals surface area contributed by atoms with Crippen molar-refractivity contribution in [2.45, 2.75) is 24.0 Å². The predicted molar refractivity (Wildman–Crippen MR) is 124 cm³/mol. The molecule has 0 spiro atoms. The van der Waals surface area contributed by atoms with Crippen molar-refractivity contribution >= 4 is 29.3 Å². The van der Waals surface area contributed by atoms with Gasteiger partial charge in [-0.3, -0.25) is 4.79 Å². The van der Waals surface area contributed by atoms with Crippen LogP contribution in [0.5, 0.6) is 5.75 Å². The second kappa shape index (κ2) is 10.2. The van der Waals surface area contributed by atoms with Gasteiger partial charge in [0.2, 0.25) is 5.91 Å². The van der Waals surface area contributed by atoms with Gasteiger partial charge in [-0.2, -0.15) is 0 Å². The van der Waals surface area contributed by atoms with E-state index < -0.39 is 0 Å². The van der Waals surface area contributed by atoms with Crippen molar-refractivity contribution in [1.82, 2.24) is 15.3 Å². The molecule has 1 fully saturated rings. The van der Waals surface area contributed by atoms with Crippen LogP contribution >= 0.6 is 23.4 Å². The molecule has 4 rings (SSSR count). The summed E-state index contributed by atoms with van der Waals surface area (Å²) in [4.78, 5) is 20.5. The van der Waals surface area contributed by atoms with Gasteiger partial charge in [0.05, 0.1) is 24.7 Å². The summed E-state index contributed by atoms with van der Waals surface area (Å²) in [7, 11) is 1.64. The molecule has 31 heavy (non-hydrogen) atoms. The number of thioether (sulfide) groups is 1. The number of carbonyl (C=O) groups is 1. The van der Waals surface area contributed by atoms with Crippen molar-refractivity contribution in [3.63, 3.8) is 0 Å². The molecule has 0 radical (unpaired) electrons. The summed E-state index contributed by atoms with van der Waals surface area (Å²) < 4.78 is 10.8. The van der Waals surface area contributed by atoms with Gasteiger partial charge in [-0.05, 0) is 49.2 Å². The lowest BCUT2D eigenvalue weighted by molar-refractivity contribution is -0.119. The summed E-state index contributed by atoms with van der Waals surface area (Å²) in [6, 6.07) is 15.2. The van der Waals surface area contributed by atoms with Crippen LogP contribution in [0, 0.1) is 0 Å². The van der Waals surface area contributed by atoms with Crippen molar-refractivity contribution < 1.29 is 14.3 Å². The molecule has 8 heteroatoms. The first kappa shape index (κ1) is 21.7. The summed E-state index contributed by atoms with van der Waals surface area (Å²) in [5, 5.41) is 4.39. The van der Waals surface area contributed by atoms with Gasteiger partial charge >= 0.3 is 0 Å². The maximum absolute atomic E-state index is 12.4. The van der Waals surface area contributed by atoms with Crippen LogP contribution < -0.4 is 10.1 Å². The number of nitrogens with zero attached hydrogens (tertiary/aromatic N) is 1. The van der Waals surface area contributed by atoms with Crippen molar-refractivity contribution in [2.75, 3.05) is 26.0 Å². The topological polar surface area (TPSA) is 76.2 Å². The third-order valence-electron chi connectivity index (χ3n) is 5.06. The van der Waals surface area contributed by atoms with Crippen LogP contribution in [0.2, 0.25) is 5.02 Å². The standard InChI is InChI=1S/C23H24ClN3O3S/c1-29-18-10-6-16(7-11-18)22-26-21(15-4-8-17(24)9-5-15)23(27-22)31-14-20(28)25-13-19-3-2-12-30-19/h4-11,19H,2-3,12-14H2,1H3,(H,25,28)(H,26,27)/t19-/m1/s1. The molecular weight excluding hydrogens is 434 g/mol. The third-order valence-corrected chi connectivity index (χ3v) is 6.29. The minimum absolute atomic E-state index is 0.0310. The number of benzene rings is 2. The first-order valence-electron chi connectivity index (χ1n) is 10.1. The highest BCUT2D eigenvalue weighted by atomic mass is 35.5. The molecular formula is C23H24ClN3O3S. The van der Waals surface area contributed by atoms with Crippen molar-refractivity contribution in [2.24, 2.45) is 0 Å². The number of amides is 1. The highest BCUT2D eigenvalue weighted by molar-refractivity contribution is 8.00. The van der Waals surface area contributed by atoms with Crippen LogP contribution in [0.25, 0.3) is 22.6 Å². The Kier molecular flexibility index (Phi) is 7.17. The molecule has 162 valence electrons. The SMILES string of the molecule is COc1ccc(-c2nc(SCC(=O)NC[C@H]3CCCO3)c(-c3ccc(Cl)cc3)[nH]2)cc1. The van der Waals surface area contributed by atoms with Gasteiger partial charge in [0.15, 0.2) is 0 Å². The molecule has 1 atom stereocenters. The maximum Gasteiger partial charge on any atom is 0.230 e. The average Bonchev–Trinajstić information content (AvgIpc) is 3.47. The van der Waals surface area contributed by atoms with E-state index in [-0.39, 0.29) is 17.8 Å². The van der Waals surface area contributed by atoms with Crippen molar-refractivity contribution in [3.05, 3.63) is 53.6 Å².